The lowest BCUT2D eigenvalue weighted by molar-refractivity contribution is 0.797. The van der Waals surface area contributed by atoms with Gasteiger partial charge in [0.15, 0.2) is 0 Å². The van der Waals surface area contributed by atoms with Gasteiger partial charge in [-0.25, -0.2) is 0 Å². The van der Waals surface area contributed by atoms with Crippen LogP contribution in [0.2, 0.25) is 0 Å². The highest BCUT2D eigenvalue weighted by atomic mass is 28.3. The second-order valence-corrected chi connectivity index (χ2v) is 11.5. The van der Waals surface area contributed by atoms with E-state index in [4.69, 9.17) is 0 Å². The molecule has 0 saturated carbocycles. The predicted octanol–water partition coefficient (Wildman–Crippen LogP) is 5.64. The van der Waals surface area contributed by atoms with Gasteiger partial charge in [-0.3, -0.25) is 0 Å². The first kappa shape index (κ1) is 19.9. The summed E-state index contributed by atoms with van der Waals surface area (Å²) < 4.78 is 0. The minimum absolute atomic E-state index is 1.18. The molecule has 0 saturated heterocycles. The third kappa shape index (κ3) is 4.71. The molecule has 0 spiro atoms. The van der Waals surface area contributed by atoms with Gasteiger partial charge >= 0.3 is 0 Å². The Morgan fingerprint density at radius 1 is 0.741 bits per heavy atom. The average Bonchev–Trinajstić information content (AvgIpc) is 2.91. The highest BCUT2D eigenvalue weighted by molar-refractivity contribution is 6.91. The molecule has 2 aromatic carbocycles. The molecule has 0 fully saturated rings. The number of aryl methyl sites for hydroxylation is 4. The van der Waals surface area contributed by atoms with Crippen LogP contribution in [0, 0.1) is 27.7 Å². The van der Waals surface area contributed by atoms with Gasteiger partial charge in [-0.1, -0.05) is 105 Å². The van der Waals surface area contributed by atoms with Crippen molar-refractivity contribution in [3.63, 3.8) is 0 Å². The Balaban J connectivity index is 2.18. The van der Waals surface area contributed by atoms with Gasteiger partial charge in [-0.15, -0.1) is 0 Å². The maximum atomic E-state index is 2.50. The van der Waals surface area contributed by atoms with Gasteiger partial charge in [0, 0.05) is 0 Å². The molecule has 0 heterocycles. The smallest absolute Gasteiger partial charge is 0.0694 e. The maximum Gasteiger partial charge on any atom is 0.129 e. The van der Waals surface area contributed by atoms with E-state index in [2.05, 4.69) is 84.0 Å². The summed E-state index contributed by atoms with van der Waals surface area (Å²) in [5, 5.41) is 4.94. The fraction of sp³-hybridized carbons (Fsp3) is 0.385. The SMILES string of the molecule is CCCCC1=C([SiH](c2cc(C)cc(C)c2)c2cc(C)cc(C)c2)CC(C)=C1. The molecule has 0 N–H and O–H groups in total. The predicted molar refractivity (Wildman–Crippen MR) is 123 cm³/mol. The second-order valence-electron chi connectivity index (χ2n) is 8.60. The second kappa shape index (κ2) is 8.44. The van der Waals surface area contributed by atoms with E-state index < -0.39 is 8.80 Å². The van der Waals surface area contributed by atoms with Gasteiger partial charge in [0.1, 0.15) is 8.80 Å². The van der Waals surface area contributed by atoms with Crippen LogP contribution in [0.4, 0.5) is 0 Å². The van der Waals surface area contributed by atoms with E-state index in [1.165, 1.54) is 47.9 Å². The van der Waals surface area contributed by atoms with E-state index in [1.54, 1.807) is 26.7 Å². The first-order chi connectivity index (χ1) is 12.9. The summed E-state index contributed by atoms with van der Waals surface area (Å²) in [6.45, 7) is 13.6. The largest absolute Gasteiger partial charge is 0.129 e. The molecule has 1 heteroatoms. The summed E-state index contributed by atoms with van der Waals surface area (Å²) in [7, 11) is -1.43. The summed E-state index contributed by atoms with van der Waals surface area (Å²) in [6, 6.07) is 14.4. The van der Waals surface area contributed by atoms with Crippen molar-refractivity contribution < 1.29 is 0 Å². The van der Waals surface area contributed by atoms with Gasteiger partial charge in [0.05, 0.1) is 0 Å². The van der Waals surface area contributed by atoms with Crippen LogP contribution >= 0.6 is 0 Å². The van der Waals surface area contributed by atoms with Crippen LogP contribution in [-0.4, -0.2) is 8.80 Å². The summed E-state index contributed by atoms with van der Waals surface area (Å²) in [6.07, 6.45) is 7.47. The third-order valence-corrected chi connectivity index (χ3v) is 8.88. The molecule has 27 heavy (non-hydrogen) atoms. The van der Waals surface area contributed by atoms with Gasteiger partial charge in [0.25, 0.3) is 0 Å². The summed E-state index contributed by atoms with van der Waals surface area (Å²) >= 11 is 0. The first-order valence-electron chi connectivity index (χ1n) is 10.4. The summed E-state index contributed by atoms with van der Waals surface area (Å²) in [4.78, 5) is 0. The zero-order chi connectivity index (χ0) is 19.6. The zero-order valence-corrected chi connectivity index (χ0v) is 19.1. The number of unbranched alkanes of at least 4 members (excludes halogenated alkanes) is 1. The fourth-order valence-corrected chi connectivity index (χ4v) is 8.72. The molecular formula is C26H34Si. The lowest BCUT2D eigenvalue weighted by Gasteiger charge is -2.23. The van der Waals surface area contributed by atoms with Crippen molar-refractivity contribution in [2.75, 3.05) is 0 Å². The van der Waals surface area contributed by atoms with Crippen molar-refractivity contribution in [3.8, 4) is 0 Å². The molecule has 1 aliphatic carbocycles. The van der Waals surface area contributed by atoms with Crippen molar-refractivity contribution >= 4 is 19.2 Å². The van der Waals surface area contributed by atoms with E-state index in [0.29, 0.717) is 0 Å². The van der Waals surface area contributed by atoms with Gasteiger partial charge in [0.2, 0.25) is 0 Å². The summed E-state index contributed by atoms with van der Waals surface area (Å²) in [5.74, 6) is 0. The lowest BCUT2D eigenvalue weighted by atomic mass is 10.1. The molecule has 0 radical (unpaired) electrons. The van der Waals surface area contributed by atoms with Gasteiger partial charge < -0.3 is 0 Å². The lowest BCUT2D eigenvalue weighted by Crippen LogP contribution is -2.45. The van der Waals surface area contributed by atoms with E-state index in [0.717, 1.165) is 0 Å². The molecule has 2 aromatic rings. The minimum atomic E-state index is -1.43. The Hall–Kier alpha value is -1.86. The fourth-order valence-electron chi connectivity index (χ4n) is 4.69. The number of allylic oxidation sites excluding steroid dienone is 4. The van der Waals surface area contributed by atoms with Gasteiger partial charge in [-0.05, 0) is 53.9 Å². The zero-order valence-electron chi connectivity index (χ0n) is 17.9. The monoisotopic (exact) mass is 374 g/mol. The Bertz CT molecular complexity index is 806. The quantitative estimate of drug-likeness (QED) is 0.574. The molecule has 0 nitrogen and oxygen atoms in total. The molecule has 0 amide bonds. The molecule has 3 rings (SSSR count). The van der Waals surface area contributed by atoms with Crippen LogP contribution in [0.5, 0.6) is 0 Å². The number of hydrogen-bond donors (Lipinski definition) is 0. The molecule has 142 valence electrons. The van der Waals surface area contributed by atoms with Crippen molar-refractivity contribution in [1.82, 2.24) is 0 Å². The Morgan fingerprint density at radius 3 is 1.67 bits per heavy atom. The van der Waals surface area contributed by atoms with Crippen LogP contribution < -0.4 is 10.4 Å². The number of benzene rings is 2. The van der Waals surface area contributed by atoms with E-state index >= 15 is 0 Å². The van der Waals surface area contributed by atoms with Crippen molar-refractivity contribution in [2.45, 2.75) is 67.2 Å². The molecule has 0 aromatic heterocycles. The van der Waals surface area contributed by atoms with Gasteiger partial charge in [-0.2, -0.15) is 0 Å². The highest BCUT2D eigenvalue weighted by Crippen LogP contribution is 2.30. The molecule has 0 bridgehead atoms. The van der Waals surface area contributed by atoms with Crippen LogP contribution in [0.1, 0.15) is 61.8 Å². The topological polar surface area (TPSA) is 0 Å². The molecular weight excluding hydrogens is 340 g/mol. The minimum Gasteiger partial charge on any atom is -0.0694 e. The van der Waals surface area contributed by atoms with Crippen LogP contribution in [0.3, 0.4) is 0 Å². The maximum absolute atomic E-state index is 2.50. The average molecular weight is 375 g/mol. The van der Waals surface area contributed by atoms with Crippen LogP contribution in [0.15, 0.2) is 58.8 Å². The molecule has 1 aliphatic rings. The molecule has 0 atom stereocenters. The standard InChI is InChI=1S/C26H34Si/c1-7-8-9-23-12-22(6)17-26(23)27(24-13-18(2)10-19(3)14-24)25-15-20(4)11-21(5)16-25/h10-16,27H,7-9,17H2,1-6H3. The van der Waals surface area contributed by atoms with E-state index in [1.807, 2.05) is 0 Å². The van der Waals surface area contributed by atoms with E-state index in [-0.39, 0.29) is 0 Å². The molecule has 0 unspecified atom stereocenters. The Morgan fingerprint density at radius 2 is 1.22 bits per heavy atom. The van der Waals surface area contributed by atoms with E-state index in [9.17, 15) is 0 Å². The van der Waals surface area contributed by atoms with Crippen molar-refractivity contribution in [1.29, 1.82) is 0 Å². The summed E-state index contributed by atoms with van der Waals surface area (Å²) in [5.41, 5.74) is 8.76. The number of rotatable bonds is 6. The van der Waals surface area contributed by atoms with Crippen molar-refractivity contribution in [2.24, 2.45) is 0 Å². The normalized spacial score (nSPS) is 14.3. The van der Waals surface area contributed by atoms with Crippen molar-refractivity contribution in [3.05, 3.63) is 81.1 Å². The first-order valence-corrected chi connectivity index (χ1v) is 12.2. The highest BCUT2D eigenvalue weighted by Gasteiger charge is 2.27. The number of hydrogen-bond acceptors (Lipinski definition) is 0. The molecule has 0 aliphatic heterocycles. The van der Waals surface area contributed by atoms with Crippen LogP contribution in [-0.2, 0) is 0 Å². The Kier molecular flexibility index (Phi) is 6.21. The third-order valence-electron chi connectivity index (χ3n) is 5.61. The Labute approximate surface area is 167 Å². The van der Waals surface area contributed by atoms with Crippen LogP contribution in [0.25, 0.3) is 0 Å².